The van der Waals surface area contributed by atoms with E-state index in [1.165, 1.54) is 12.0 Å². The molecule has 4 nitrogen and oxygen atoms in total. The molecule has 1 saturated carbocycles. The van der Waals surface area contributed by atoms with Gasteiger partial charge in [0.2, 0.25) is 12.1 Å². The van der Waals surface area contributed by atoms with Crippen LogP contribution in [0.15, 0.2) is 11.8 Å². The first kappa shape index (κ1) is 12.2. The van der Waals surface area contributed by atoms with E-state index in [4.69, 9.17) is 19.2 Å². The molecule has 2 bridgehead atoms. The van der Waals surface area contributed by atoms with E-state index in [1.807, 2.05) is 13.2 Å². The fourth-order valence-electron chi connectivity index (χ4n) is 4.55. The molecule has 4 fully saturated rings. The largest absolute Gasteiger partial charge is 0.469 e. The Morgan fingerprint density at radius 3 is 2.89 bits per heavy atom. The summed E-state index contributed by atoms with van der Waals surface area (Å²) in [5.41, 5.74) is 0.817. The van der Waals surface area contributed by atoms with Gasteiger partial charge in [-0.2, -0.15) is 0 Å². The van der Waals surface area contributed by atoms with Crippen LogP contribution in [0.1, 0.15) is 46.5 Å². The van der Waals surface area contributed by atoms with Crippen LogP contribution >= 0.6 is 0 Å². The van der Waals surface area contributed by atoms with Crippen molar-refractivity contribution in [3.63, 3.8) is 0 Å². The summed E-state index contributed by atoms with van der Waals surface area (Å²) in [6.07, 6.45) is 5.87. The van der Waals surface area contributed by atoms with Crippen LogP contribution in [0.5, 0.6) is 0 Å². The third-order valence-corrected chi connectivity index (χ3v) is 5.65. The number of hydrogen-bond acceptors (Lipinski definition) is 4. The van der Waals surface area contributed by atoms with Crippen LogP contribution in [0, 0.1) is 17.8 Å². The topological polar surface area (TPSA) is 36.9 Å². The van der Waals surface area contributed by atoms with Crippen molar-refractivity contribution >= 4 is 0 Å². The summed E-state index contributed by atoms with van der Waals surface area (Å²) < 4.78 is 12.0. The summed E-state index contributed by atoms with van der Waals surface area (Å²) >= 11 is 0. The summed E-state index contributed by atoms with van der Waals surface area (Å²) in [7, 11) is 0. The van der Waals surface area contributed by atoms with Gasteiger partial charge in [-0.1, -0.05) is 6.92 Å². The van der Waals surface area contributed by atoms with Gasteiger partial charge in [0, 0.05) is 18.3 Å². The highest BCUT2D eigenvalue weighted by Gasteiger charge is 2.67. The Morgan fingerprint density at radius 2 is 2.05 bits per heavy atom. The molecule has 6 atom stereocenters. The Bertz CT molecular complexity index is 434. The van der Waals surface area contributed by atoms with E-state index in [2.05, 4.69) is 13.8 Å². The zero-order valence-corrected chi connectivity index (χ0v) is 11.8. The lowest BCUT2D eigenvalue weighted by molar-refractivity contribution is -0.555. The van der Waals surface area contributed by atoms with E-state index >= 15 is 0 Å². The average Bonchev–Trinajstić information content (AvgIpc) is 2.61. The molecule has 2 unspecified atom stereocenters. The molecule has 5 rings (SSSR count). The molecule has 1 aliphatic carbocycles. The molecule has 4 heterocycles. The van der Waals surface area contributed by atoms with Crippen LogP contribution in [0.2, 0.25) is 0 Å². The van der Waals surface area contributed by atoms with Crippen LogP contribution < -0.4 is 0 Å². The molecule has 5 aliphatic rings. The molecule has 0 aromatic rings. The summed E-state index contributed by atoms with van der Waals surface area (Å²) in [4.78, 5) is 11.7. The van der Waals surface area contributed by atoms with Gasteiger partial charge < -0.3 is 9.47 Å². The number of ether oxygens (including phenoxy) is 2. The maximum atomic E-state index is 6.11. The highest BCUT2D eigenvalue weighted by molar-refractivity contribution is 5.19. The number of rotatable bonds is 0. The van der Waals surface area contributed by atoms with Gasteiger partial charge in [-0.25, -0.2) is 9.78 Å². The Kier molecular flexibility index (Phi) is 2.40. The zero-order chi connectivity index (χ0) is 13.3. The highest BCUT2D eigenvalue weighted by Crippen LogP contribution is 2.59. The van der Waals surface area contributed by atoms with Gasteiger partial charge in [0.15, 0.2) is 5.60 Å². The van der Waals surface area contributed by atoms with Crippen molar-refractivity contribution in [2.45, 2.75) is 64.1 Å². The van der Waals surface area contributed by atoms with Gasteiger partial charge in [-0.15, -0.1) is 0 Å². The van der Waals surface area contributed by atoms with Crippen LogP contribution in [0.3, 0.4) is 0 Å². The van der Waals surface area contributed by atoms with Gasteiger partial charge in [0.05, 0.1) is 6.26 Å². The van der Waals surface area contributed by atoms with Crippen molar-refractivity contribution < 1.29 is 19.2 Å². The molecule has 0 radical (unpaired) electrons. The lowest BCUT2D eigenvalue weighted by Gasteiger charge is -2.56. The minimum absolute atomic E-state index is 0.324. The lowest BCUT2D eigenvalue weighted by atomic mass is 9.60. The zero-order valence-electron chi connectivity index (χ0n) is 11.8. The van der Waals surface area contributed by atoms with Gasteiger partial charge >= 0.3 is 0 Å². The van der Waals surface area contributed by atoms with Crippen molar-refractivity contribution in [2.24, 2.45) is 17.8 Å². The first-order chi connectivity index (χ1) is 9.05. The molecule has 4 aliphatic heterocycles. The van der Waals surface area contributed by atoms with Gasteiger partial charge in [0.1, 0.15) is 0 Å². The maximum absolute atomic E-state index is 6.11. The molecule has 0 amide bonds. The number of hydrogen-bond donors (Lipinski definition) is 0. The van der Waals surface area contributed by atoms with Gasteiger partial charge in [-0.3, -0.25) is 0 Å². The summed E-state index contributed by atoms with van der Waals surface area (Å²) in [5.74, 6) is 0.775. The second-order valence-corrected chi connectivity index (χ2v) is 6.85. The molecule has 4 heteroatoms. The quantitative estimate of drug-likeness (QED) is 0.631. The molecular formula is C15H22O4. The smallest absolute Gasteiger partial charge is 0.235 e. The molecular weight excluding hydrogens is 244 g/mol. The molecule has 1 spiro atoms. The van der Waals surface area contributed by atoms with Crippen molar-refractivity contribution in [3.8, 4) is 0 Å². The van der Waals surface area contributed by atoms with Crippen LogP contribution in [-0.4, -0.2) is 17.7 Å². The Labute approximate surface area is 114 Å². The standard InChI is InChI=1S/C15H22O4/c1-9-4-5-11-10(2)8-16-13-15(11)12(9)6-7-14(3,17-13)18-19-15/h8-9,11-13H,4-7H2,1-3H3/t9-,11?,12?,13-,14-,15+/m1/s1. The minimum Gasteiger partial charge on any atom is -0.469 e. The van der Waals surface area contributed by atoms with Crippen LogP contribution in [0.4, 0.5) is 0 Å². The highest BCUT2D eigenvalue weighted by atomic mass is 17.3. The monoisotopic (exact) mass is 266 g/mol. The summed E-state index contributed by atoms with van der Waals surface area (Å²) in [5, 5.41) is 0. The van der Waals surface area contributed by atoms with E-state index in [9.17, 15) is 0 Å². The second-order valence-electron chi connectivity index (χ2n) is 6.85. The van der Waals surface area contributed by atoms with Crippen molar-refractivity contribution in [2.75, 3.05) is 0 Å². The van der Waals surface area contributed by atoms with E-state index in [0.29, 0.717) is 17.8 Å². The average molecular weight is 266 g/mol. The third kappa shape index (κ3) is 1.45. The van der Waals surface area contributed by atoms with Crippen molar-refractivity contribution in [3.05, 3.63) is 11.8 Å². The van der Waals surface area contributed by atoms with E-state index in [0.717, 1.165) is 19.3 Å². The maximum Gasteiger partial charge on any atom is 0.235 e. The van der Waals surface area contributed by atoms with Crippen LogP contribution in [0.25, 0.3) is 0 Å². The van der Waals surface area contributed by atoms with E-state index in [1.54, 1.807) is 0 Å². The van der Waals surface area contributed by atoms with Crippen molar-refractivity contribution in [1.29, 1.82) is 0 Å². The van der Waals surface area contributed by atoms with Gasteiger partial charge in [-0.05, 0) is 44.6 Å². The molecule has 0 aromatic heterocycles. The molecule has 0 aromatic carbocycles. The molecule has 3 saturated heterocycles. The fourth-order valence-corrected chi connectivity index (χ4v) is 4.55. The van der Waals surface area contributed by atoms with E-state index < -0.39 is 11.4 Å². The van der Waals surface area contributed by atoms with Crippen LogP contribution in [-0.2, 0) is 19.2 Å². The van der Waals surface area contributed by atoms with Gasteiger partial charge in [0.25, 0.3) is 0 Å². The molecule has 0 N–H and O–H groups in total. The summed E-state index contributed by atoms with van der Waals surface area (Å²) in [6.45, 7) is 6.40. The normalized spacial score (nSPS) is 55.8. The van der Waals surface area contributed by atoms with E-state index in [-0.39, 0.29) is 6.29 Å². The fraction of sp³-hybridized carbons (Fsp3) is 0.867. The third-order valence-electron chi connectivity index (χ3n) is 5.65. The summed E-state index contributed by atoms with van der Waals surface area (Å²) in [6, 6.07) is 0. The first-order valence-electron chi connectivity index (χ1n) is 7.42. The Balaban J connectivity index is 1.85. The first-order valence-corrected chi connectivity index (χ1v) is 7.42. The molecule has 106 valence electrons. The Morgan fingerprint density at radius 1 is 1.21 bits per heavy atom. The minimum atomic E-state index is -0.656. The Hall–Kier alpha value is -0.580. The predicted octanol–water partition coefficient (Wildman–Crippen LogP) is 3.14. The lowest BCUT2D eigenvalue weighted by Crippen LogP contribution is -2.66. The van der Waals surface area contributed by atoms with Crippen molar-refractivity contribution in [1.82, 2.24) is 0 Å². The predicted molar refractivity (Wildman–Crippen MR) is 67.6 cm³/mol. The number of fused-ring (bicyclic) bond motifs is 2. The second kappa shape index (κ2) is 3.74. The molecule has 19 heavy (non-hydrogen) atoms. The SMILES string of the molecule is CC1=CO[C@@H]2O[C@@]3(C)CCC4[C@H](C)CCC1[C@]42OO3.